The van der Waals surface area contributed by atoms with E-state index in [9.17, 15) is 9.59 Å². The molecule has 0 radical (unpaired) electrons. The van der Waals surface area contributed by atoms with E-state index in [1.807, 2.05) is 4.90 Å². The third-order valence-corrected chi connectivity index (χ3v) is 4.54. The molecule has 1 heterocycles. The van der Waals surface area contributed by atoms with Crippen molar-refractivity contribution in [3.05, 3.63) is 17.7 Å². The number of carbonyl (C=O) groups excluding carboxylic acids is 2. The molecule has 0 saturated carbocycles. The van der Waals surface area contributed by atoms with Gasteiger partial charge in [-0.25, -0.2) is 0 Å². The maximum atomic E-state index is 12.3. The molecule has 1 aliphatic heterocycles. The summed E-state index contributed by atoms with van der Waals surface area (Å²) in [5.41, 5.74) is 6.16. The molecule has 1 saturated heterocycles. The number of nitrogens with zero attached hydrogens (tertiary/aromatic N) is 1. The van der Waals surface area contributed by atoms with Crippen LogP contribution < -0.4 is 25.3 Å². The van der Waals surface area contributed by atoms with Crippen LogP contribution in [0.5, 0.6) is 17.2 Å². The number of methoxy groups -OCH3 is 3. The van der Waals surface area contributed by atoms with E-state index in [-0.39, 0.29) is 24.3 Å². The van der Waals surface area contributed by atoms with E-state index in [2.05, 4.69) is 5.32 Å². The maximum absolute atomic E-state index is 12.3. The minimum atomic E-state index is -0.301. The first-order valence-corrected chi connectivity index (χ1v) is 8.55. The van der Waals surface area contributed by atoms with E-state index < -0.39 is 0 Å². The Bertz CT molecular complexity index is 650. The fourth-order valence-electron chi connectivity index (χ4n) is 3.11. The number of nitrogens with one attached hydrogen (secondary N) is 1. The molecule has 26 heavy (non-hydrogen) atoms. The number of ether oxygens (including phenoxy) is 3. The number of piperidine rings is 1. The molecule has 1 fully saturated rings. The van der Waals surface area contributed by atoms with E-state index in [1.165, 1.54) is 0 Å². The van der Waals surface area contributed by atoms with Gasteiger partial charge in [-0.1, -0.05) is 0 Å². The van der Waals surface area contributed by atoms with E-state index >= 15 is 0 Å². The Balaban J connectivity index is 1.95. The molecule has 0 bridgehead atoms. The molecular formula is C18H27N3O5. The predicted molar refractivity (Wildman–Crippen MR) is 96.3 cm³/mol. The van der Waals surface area contributed by atoms with Crippen molar-refractivity contribution in [2.24, 2.45) is 11.7 Å². The van der Waals surface area contributed by atoms with Crippen molar-refractivity contribution in [1.29, 1.82) is 0 Å². The molecule has 1 atom stereocenters. The molecule has 1 aromatic carbocycles. The van der Waals surface area contributed by atoms with Gasteiger partial charge in [-0.3, -0.25) is 14.5 Å². The van der Waals surface area contributed by atoms with Gasteiger partial charge in [0.2, 0.25) is 11.8 Å². The zero-order valence-electron chi connectivity index (χ0n) is 15.5. The monoisotopic (exact) mass is 365 g/mol. The van der Waals surface area contributed by atoms with Gasteiger partial charge in [0.05, 0.1) is 33.8 Å². The molecule has 0 aromatic heterocycles. The van der Waals surface area contributed by atoms with Crippen molar-refractivity contribution in [1.82, 2.24) is 10.2 Å². The summed E-state index contributed by atoms with van der Waals surface area (Å²) in [6.45, 7) is 1.86. The number of benzene rings is 1. The lowest BCUT2D eigenvalue weighted by molar-refractivity contribution is -0.126. The highest BCUT2D eigenvalue weighted by molar-refractivity contribution is 5.79. The molecule has 2 amide bonds. The number of hydrogen-bond donors (Lipinski definition) is 2. The van der Waals surface area contributed by atoms with Crippen LogP contribution >= 0.6 is 0 Å². The lowest BCUT2D eigenvalue weighted by Crippen LogP contribution is -2.45. The first-order valence-electron chi connectivity index (χ1n) is 8.55. The molecular weight excluding hydrogens is 338 g/mol. The topological polar surface area (TPSA) is 103 Å². The van der Waals surface area contributed by atoms with Gasteiger partial charge in [0.1, 0.15) is 5.75 Å². The standard InChI is InChI=1S/C18H27N3O5/c1-24-14-8-16(26-3)15(25-2)7-13(14)9-20-17(22)11-21-6-4-5-12(10-21)18(19)23/h7-8,12H,4-6,9-11H2,1-3H3,(H2,19,23)(H,20,22)/t12-/m0/s1. The Hall–Kier alpha value is -2.48. The summed E-state index contributed by atoms with van der Waals surface area (Å²) in [6, 6.07) is 3.50. The Kier molecular flexibility index (Phi) is 7.08. The van der Waals surface area contributed by atoms with Gasteiger partial charge in [0.15, 0.2) is 11.5 Å². The maximum Gasteiger partial charge on any atom is 0.234 e. The zero-order chi connectivity index (χ0) is 19.1. The van der Waals surface area contributed by atoms with E-state index in [1.54, 1.807) is 33.5 Å². The Labute approximate surface area is 153 Å². The van der Waals surface area contributed by atoms with Crippen LogP contribution in [0.25, 0.3) is 0 Å². The van der Waals surface area contributed by atoms with Gasteiger partial charge in [-0.05, 0) is 25.5 Å². The second kappa shape index (κ2) is 9.28. The molecule has 1 aromatic rings. The first-order chi connectivity index (χ1) is 12.5. The van der Waals surface area contributed by atoms with Crippen LogP contribution in [0.4, 0.5) is 0 Å². The second-order valence-electron chi connectivity index (χ2n) is 6.27. The van der Waals surface area contributed by atoms with Gasteiger partial charge in [-0.2, -0.15) is 0 Å². The minimum absolute atomic E-state index is 0.119. The van der Waals surface area contributed by atoms with Crippen LogP contribution in [0.2, 0.25) is 0 Å². The van der Waals surface area contributed by atoms with Crippen molar-refractivity contribution < 1.29 is 23.8 Å². The van der Waals surface area contributed by atoms with Crippen molar-refractivity contribution in [3.8, 4) is 17.2 Å². The molecule has 144 valence electrons. The SMILES string of the molecule is COc1cc(OC)c(OC)cc1CNC(=O)CN1CCC[C@H](C(N)=O)C1. The molecule has 3 N–H and O–H groups in total. The smallest absolute Gasteiger partial charge is 0.234 e. The number of hydrogen-bond acceptors (Lipinski definition) is 6. The van der Waals surface area contributed by atoms with Crippen molar-refractivity contribution in [3.63, 3.8) is 0 Å². The summed E-state index contributed by atoms with van der Waals surface area (Å²) in [5, 5.41) is 2.88. The number of amides is 2. The van der Waals surface area contributed by atoms with Crippen LogP contribution in [0.1, 0.15) is 18.4 Å². The largest absolute Gasteiger partial charge is 0.496 e. The van der Waals surface area contributed by atoms with Crippen LogP contribution in [-0.2, 0) is 16.1 Å². The van der Waals surface area contributed by atoms with Crippen molar-refractivity contribution in [2.45, 2.75) is 19.4 Å². The third-order valence-electron chi connectivity index (χ3n) is 4.54. The van der Waals surface area contributed by atoms with Crippen molar-refractivity contribution in [2.75, 3.05) is 41.0 Å². The molecule has 8 heteroatoms. The summed E-state index contributed by atoms with van der Waals surface area (Å²) in [5.74, 6) is 1.14. The highest BCUT2D eigenvalue weighted by Gasteiger charge is 2.25. The van der Waals surface area contributed by atoms with Crippen LogP contribution in [0.15, 0.2) is 12.1 Å². The molecule has 2 rings (SSSR count). The highest BCUT2D eigenvalue weighted by atomic mass is 16.5. The average molecular weight is 365 g/mol. The first kappa shape index (κ1) is 19.8. The molecule has 0 unspecified atom stereocenters. The summed E-state index contributed by atoms with van der Waals surface area (Å²) in [6.07, 6.45) is 1.65. The van der Waals surface area contributed by atoms with Crippen molar-refractivity contribution >= 4 is 11.8 Å². The van der Waals surface area contributed by atoms with Gasteiger partial charge in [0, 0.05) is 24.7 Å². The Morgan fingerprint density at radius 2 is 1.81 bits per heavy atom. The lowest BCUT2D eigenvalue weighted by atomic mass is 9.97. The number of carbonyl (C=O) groups is 2. The van der Waals surface area contributed by atoms with E-state index in [0.717, 1.165) is 24.9 Å². The van der Waals surface area contributed by atoms with Gasteiger partial charge < -0.3 is 25.3 Å². The normalized spacial score (nSPS) is 17.4. The summed E-state index contributed by atoms with van der Waals surface area (Å²) < 4.78 is 15.9. The van der Waals surface area contributed by atoms with Gasteiger partial charge >= 0.3 is 0 Å². The van der Waals surface area contributed by atoms with Gasteiger partial charge in [0.25, 0.3) is 0 Å². The van der Waals surface area contributed by atoms with Crippen LogP contribution in [-0.4, -0.2) is 57.7 Å². The minimum Gasteiger partial charge on any atom is -0.496 e. The number of primary amides is 1. The van der Waals surface area contributed by atoms with E-state index in [4.69, 9.17) is 19.9 Å². The van der Waals surface area contributed by atoms with E-state index in [0.29, 0.717) is 30.3 Å². The molecule has 1 aliphatic rings. The predicted octanol–water partition coefficient (Wildman–Crippen LogP) is 0.526. The zero-order valence-corrected chi connectivity index (χ0v) is 15.5. The number of likely N-dealkylation sites (tertiary alicyclic amines) is 1. The second-order valence-corrected chi connectivity index (χ2v) is 6.27. The molecule has 8 nitrogen and oxygen atoms in total. The number of nitrogens with two attached hydrogens (primary N) is 1. The quantitative estimate of drug-likeness (QED) is 0.696. The Morgan fingerprint density at radius 1 is 1.15 bits per heavy atom. The fourth-order valence-corrected chi connectivity index (χ4v) is 3.11. The lowest BCUT2D eigenvalue weighted by Gasteiger charge is -2.30. The Morgan fingerprint density at radius 3 is 2.42 bits per heavy atom. The summed E-state index contributed by atoms with van der Waals surface area (Å²) >= 11 is 0. The average Bonchev–Trinajstić information content (AvgIpc) is 2.65. The highest BCUT2D eigenvalue weighted by Crippen LogP contribution is 2.34. The number of rotatable bonds is 8. The van der Waals surface area contributed by atoms with Crippen LogP contribution in [0, 0.1) is 5.92 Å². The van der Waals surface area contributed by atoms with Gasteiger partial charge in [-0.15, -0.1) is 0 Å². The third kappa shape index (κ3) is 5.01. The summed E-state index contributed by atoms with van der Waals surface area (Å²) in [7, 11) is 4.67. The van der Waals surface area contributed by atoms with Crippen LogP contribution in [0.3, 0.4) is 0 Å². The fraction of sp³-hybridized carbons (Fsp3) is 0.556. The molecule has 0 spiro atoms. The summed E-state index contributed by atoms with van der Waals surface area (Å²) in [4.78, 5) is 25.6. The molecule has 0 aliphatic carbocycles.